The Hall–Kier alpha value is -3.04. The molecule has 10 N–H and O–H groups in total. The third-order valence-corrected chi connectivity index (χ3v) is 12.5. The molecular formula is C23H35N10O17P3. The second-order valence-corrected chi connectivity index (χ2v) is 16.4. The summed E-state index contributed by atoms with van der Waals surface area (Å²) < 4.78 is 72.9. The zero-order valence-electron chi connectivity index (χ0n) is 27.6. The van der Waals surface area contributed by atoms with Crippen LogP contribution < -0.4 is 31.3 Å². The molecule has 12 unspecified atom stereocenters. The van der Waals surface area contributed by atoms with Gasteiger partial charge in [0.05, 0.1) is 26.6 Å². The van der Waals surface area contributed by atoms with Gasteiger partial charge in [-0.05, 0) is 0 Å². The predicted molar refractivity (Wildman–Crippen MR) is 171 cm³/mol. The van der Waals surface area contributed by atoms with Crippen LogP contribution in [0.3, 0.4) is 0 Å². The summed E-state index contributed by atoms with van der Waals surface area (Å²) in [6, 6.07) is 0. The van der Waals surface area contributed by atoms with Crippen molar-refractivity contribution in [2.45, 2.75) is 49.1 Å². The van der Waals surface area contributed by atoms with Crippen LogP contribution in [0.5, 0.6) is 0 Å². The van der Waals surface area contributed by atoms with Crippen LogP contribution in [-0.4, -0.2) is 139 Å². The van der Waals surface area contributed by atoms with Gasteiger partial charge in [-0.15, -0.1) is 0 Å². The average Bonchev–Trinajstić information content (AvgIpc) is 3.80. The maximum Gasteiger partial charge on any atom is 0.478 e. The predicted octanol–water partition coefficient (Wildman–Crippen LogP) is -4.39. The number of nitrogen functional groups attached to an aromatic ring is 1. The Balaban J connectivity index is 1.04. The Labute approximate surface area is 297 Å². The normalized spacial score (nSPS) is 32.0. The summed E-state index contributed by atoms with van der Waals surface area (Å²) in [6.07, 6.45) is -8.97. The summed E-state index contributed by atoms with van der Waals surface area (Å²) in [7, 11) is -13.1. The smallest absolute Gasteiger partial charge is 0.478 e. The van der Waals surface area contributed by atoms with E-state index in [1.807, 2.05) is 0 Å². The molecule has 53 heavy (non-hydrogen) atoms. The number of H-pyrrole nitrogens is 1. The zero-order chi connectivity index (χ0) is 38.6. The van der Waals surface area contributed by atoms with Crippen molar-refractivity contribution in [1.29, 1.82) is 0 Å². The highest BCUT2D eigenvalue weighted by Gasteiger charge is 2.51. The van der Waals surface area contributed by atoms with Gasteiger partial charge in [0.25, 0.3) is 7.82 Å². The minimum atomic E-state index is -6.19. The van der Waals surface area contributed by atoms with Crippen LogP contribution in [0.1, 0.15) is 6.23 Å². The first kappa shape index (κ1) is 39.6. The molecule has 0 saturated carbocycles. The maximum atomic E-state index is 12.6. The van der Waals surface area contributed by atoms with Crippen LogP contribution in [-0.2, 0) is 45.6 Å². The number of hydrogen-bond acceptors (Lipinski definition) is 22. The van der Waals surface area contributed by atoms with E-state index in [1.165, 1.54) is 29.2 Å². The third-order valence-electron chi connectivity index (χ3n) is 8.33. The van der Waals surface area contributed by atoms with E-state index in [0.29, 0.717) is 16.2 Å². The summed E-state index contributed by atoms with van der Waals surface area (Å²) in [5.41, 5.74) is 5.87. The van der Waals surface area contributed by atoms with Crippen molar-refractivity contribution in [2.75, 3.05) is 57.0 Å². The Morgan fingerprint density at radius 1 is 1.04 bits per heavy atom. The standard InChI is InChI=1S/C23H35N10O17P3/c1-25-17-11-18(27-6-26-17)32(7-28-11)22-16(44-3)14(35)10(48-22)5-46-52(40,41)50-53(42,43)49-51(38,39)45-4-9-13(34)15(36)21(47-9)33-8-31(2)12-19(33)29-23(24)30-20(12)37/h6-7,9-10,13-16,21-22,34-36H,4-5,8H2,1-3H3,(H,38,39)(H,40,41)(H,42,43)(H,25,26,27)(H3,24,29,30,37). The maximum absolute atomic E-state index is 12.6. The molecule has 2 saturated heterocycles. The molecule has 6 heterocycles. The van der Waals surface area contributed by atoms with Crippen molar-refractivity contribution in [3.63, 3.8) is 0 Å². The molecule has 0 aliphatic carbocycles. The van der Waals surface area contributed by atoms with Crippen molar-refractivity contribution in [1.82, 2.24) is 29.5 Å². The molecule has 30 heteroatoms. The van der Waals surface area contributed by atoms with Crippen LogP contribution in [0.15, 0.2) is 17.4 Å². The Morgan fingerprint density at radius 2 is 1.66 bits per heavy atom. The Kier molecular flexibility index (Phi) is 11.1. The molecule has 0 amide bonds. The Morgan fingerprint density at radius 3 is 2.28 bits per heavy atom. The number of aromatic amines is 1. The largest absolute Gasteiger partial charge is 0.756 e. The molecule has 294 valence electrons. The molecule has 27 nitrogen and oxygen atoms in total. The van der Waals surface area contributed by atoms with Gasteiger partial charge in [0, 0.05) is 14.2 Å². The van der Waals surface area contributed by atoms with Crippen molar-refractivity contribution in [3.05, 3.63) is 23.0 Å². The van der Waals surface area contributed by atoms with Gasteiger partial charge in [0.1, 0.15) is 48.5 Å². The number of quaternary nitrogens is 1. The first-order valence-electron chi connectivity index (χ1n) is 15.3. The van der Waals surface area contributed by atoms with E-state index in [0.717, 1.165) is 0 Å². The van der Waals surface area contributed by atoms with Crippen LogP contribution >= 0.6 is 23.5 Å². The minimum Gasteiger partial charge on any atom is -0.756 e. The molecular weight excluding hydrogens is 781 g/mol. The van der Waals surface area contributed by atoms with E-state index in [-0.39, 0.29) is 29.8 Å². The summed E-state index contributed by atoms with van der Waals surface area (Å²) >= 11 is 0. The lowest BCUT2D eigenvalue weighted by molar-refractivity contribution is -0.804. The third kappa shape index (κ3) is 8.03. The van der Waals surface area contributed by atoms with Crippen LogP contribution in [0, 0.1) is 0 Å². The molecule has 3 aliphatic rings. The number of aromatic nitrogens is 6. The summed E-state index contributed by atoms with van der Waals surface area (Å²) in [5.74, 6) is 0.189. The van der Waals surface area contributed by atoms with Crippen molar-refractivity contribution < 1.29 is 80.5 Å². The van der Waals surface area contributed by atoms with Gasteiger partial charge in [-0.25, -0.2) is 32.7 Å². The van der Waals surface area contributed by atoms with Crippen LogP contribution in [0.25, 0.3) is 11.2 Å². The molecule has 12 atom stereocenters. The first-order valence-corrected chi connectivity index (χ1v) is 19.7. The van der Waals surface area contributed by atoms with Gasteiger partial charge in [-0.1, -0.05) is 0 Å². The van der Waals surface area contributed by atoms with Crippen molar-refractivity contribution >= 4 is 57.9 Å². The number of aliphatic hydroxyl groups excluding tert-OH is 3. The quantitative estimate of drug-likeness (QED) is 0.0694. The topological polar surface area (TPSA) is 375 Å². The second kappa shape index (κ2) is 14.9. The lowest BCUT2D eigenvalue weighted by Crippen LogP contribution is -3.04. The zero-order valence-corrected chi connectivity index (χ0v) is 30.3. The molecule has 3 aromatic heterocycles. The van der Waals surface area contributed by atoms with Crippen molar-refractivity contribution in [2.24, 2.45) is 0 Å². The van der Waals surface area contributed by atoms with Gasteiger partial charge < -0.3 is 55.3 Å². The number of aliphatic hydroxyl groups is 3. The van der Waals surface area contributed by atoms with Gasteiger partial charge in [0.2, 0.25) is 17.5 Å². The number of nitrogens with one attached hydrogen (secondary N) is 3. The molecule has 0 aromatic carbocycles. The lowest BCUT2D eigenvalue weighted by Gasteiger charge is -2.27. The highest BCUT2D eigenvalue weighted by atomic mass is 31.3. The minimum absolute atomic E-state index is 0.0206. The van der Waals surface area contributed by atoms with E-state index in [4.69, 9.17) is 24.5 Å². The molecule has 6 rings (SSSR count). The molecule has 0 radical (unpaired) electrons. The summed E-state index contributed by atoms with van der Waals surface area (Å²) in [5, 5.41) is 34.8. The number of ether oxygens (including phenoxy) is 3. The number of rotatable bonds is 14. The number of anilines is 3. The number of hydrogen-bond donors (Lipinski definition) is 9. The molecule has 3 aliphatic heterocycles. The number of fused-ring (bicyclic) bond motifs is 2. The van der Waals surface area contributed by atoms with E-state index in [2.05, 4.69) is 43.4 Å². The van der Waals surface area contributed by atoms with Gasteiger partial charge in [0.15, 0.2) is 30.6 Å². The highest BCUT2D eigenvalue weighted by molar-refractivity contribution is 7.66. The number of phosphoric acid groups is 3. The van der Waals surface area contributed by atoms with Gasteiger partial charge >= 0.3 is 21.2 Å². The van der Waals surface area contributed by atoms with Crippen molar-refractivity contribution in [3.8, 4) is 0 Å². The van der Waals surface area contributed by atoms with Gasteiger partial charge in [-0.2, -0.15) is 4.98 Å². The van der Waals surface area contributed by atoms with Crippen LogP contribution in [0.2, 0.25) is 0 Å². The van der Waals surface area contributed by atoms with E-state index < -0.39 is 91.3 Å². The fraction of sp³-hybridized carbons (Fsp3) is 0.609. The summed E-state index contributed by atoms with van der Waals surface area (Å²) in [4.78, 5) is 65.6. The number of nitrogens with two attached hydrogens (primary N) is 1. The fourth-order valence-electron chi connectivity index (χ4n) is 6.02. The number of methoxy groups -OCH3 is 1. The van der Waals surface area contributed by atoms with E-state index in [1.54, 1.807) is 14.1 Å². The molecule has 3 aromatic rings. The Bertz CT molecular complexity index is 2040. The van der Waals surface area contributed by atoms with E-state index >= 15 is 0 Å². The fourth-order valence-corrected chi connectivity index (χ4v) is 9.48. The van der Waals surface area contributed by atoms with Crippen LogP contribution in [0.4, 0.5) is 23.3 Å². The number of nitrogens with zero attached hydrogens (tertiary/aromatic N) is 6. The van der Waals surface area contributed by atoms with E-state index in [9.17, 15) is 48.5 Å². The second-order valence-electron chi connectivity index (χ2n) is 11.8. The number of phosphoric ester groups is 2. The first-order chi connectivity index (χ1) is 24.8. The summed E-state index contributed by atoms with van der Waals surface area (Å²) in [6.45, 7) is -2.00. The average molecular weight is 817 g/mol. The molecule has 0 spiro atoms. The lowest BCUT2D eigenvalue weighted by atomic mass is 10.1. The molecule has 2 fully saturated rings. The monoisotopic (exact) mass is 816 g/mol. The molecule has 0 bridgehead atoms. The SMILES string of the molecule is CNc1ncnc2c1ncn2C1OC(COP(=O)(O)OP(=O)([O-])OP(=O)(O)OCC2OC(N3C[NH+](C)c4c3nc(N)[nH]c4=O)C(O)C2O)C(O)C1OC. The highest BCUT2D eigenvalue weighted by Crippen LogP contribution is 2.65. The number of imidazole rings is 1. The van der Waals surface area contributed by atoms with Gasteiger partial charge in [-0.3, -0.25) is 37.8 Å².